The molecule has 1 atom stereocenters. The van der Waals surface area contributed by atoms with Crippen LogP contribution in [0.5, 0.6) is 5.75 Å². The van der Waals surface area contributed by atoms with Crippen molar-refractivity contribution in [1.29, 1.82) is 0 Å². The number of benzene rings is 2. The number of unbranched alkanes of at least 4 members (excludes halogenated alkanes) is 1. The van der Waals surface area contributed by atoms with Gasteiger partial charge in [0, 0.05) is 25.3 Å². The van der Waals surface area contributed by atoms with Crippen LogP contribution in [-0.2, 0) is 14.3 Å². The Kier molecular flexibility index (Phi) is 8.89. The Morgan fingerprint density at radius 2 is 1.85 bits per heavy atom. The van der Waals surface area contributed by atoms with Crippen molar-refractivity contribution in [2.75, 3.05) is 37.1 Å². The van der Waals surface area contributed by atoms with Gasteiger partial charge in [0.1, 0.15) is 16.4 Å². The average Bonchev–Trinajstić information content (AvgIpc) is 3.45. The molecule has 1 fully saturated rings. The topological polar surface area (TPSA) is 109 Å². The predicted molar refractivity (Wildman–Crippen MR) is 155 cm³/mol. The summed E-state index contributed by atoms with van der Waals surface area (Å²) < 4.78 is 10.9. The fraction of sp³-hybridized carbons (Fsp3) is 0.333. The van der Waals surface area contributed by atoms with Crippen molar-refractivity contribution in [3.05, 3.63) is 75.8 Å². The Morgan fingerprint density at radius 1 is 1.12 bits per heavy atom. The SMILES string of the molecule is CCCCOc1cccc(/C(O)=C2\C(=O)C(=O)N(c3nc(C)c(C(=O)OCC)s3)C2c2ccc(N(C)C)cc2)c1. The zero-order valence-corrected chi connectivity index (χ0v) is 24.1. The third-order valence-corrected chi connectivity index (χ3v) is 7.63. The number of thiazole rings is 1. The van der Waals surface area contributed by atoms with E-state index in [0.29, 0.717) is 29.2 Å². The van der Waals surface area contributed by atoms with Crippen molar-refractivity contribution < 1.29 is 29.0 Å². The first-order chi connectivity index (χ1) is 19.2. The largest absolute Gasteiger partial charge is 0.507 e. The summed E-state index contributed by atoms with van der Waals surface area (Å²) in [6, 6.07) is 13.2. The summed E-state index contributed by atoms with van der Waals surface area (Å²) in [5, 5.41) is 11.7. The average molecular weight is 564 g/mol. The van der Waals surface area contributed by atoms with Gasteiger partial charge in [-0.3, -0.25) is 14.5 Å². The molecule has 0 radical (unpaired) electrons. The molecular weight excluding hydrogens is 530 g/mol. The van der Waals surface area contributed by atoms with Crippen molar-refractivity contribution in [3.8, 4) is 5.75 Å². The Bertz CT molecular complexity index is 1440. The van der Waals surface area contributed by atoms with Crippen LogP contribution in [0.3, 0.4) is 0 Å². The Balaban J connectivity index is 1.85. The first kappa shape index (κ1) is 28.8. The number of ketones is 1. The number of rotatable bonds is 10. The third kappa shape index (κ3) is 5.72. The molecule has 0 spiro atoms. The zero-order valence-electron chi connectivity index (χ0n) is 23.3. The van der Waals surface area contributed by atoms with Crippen LogP contribution in [0, 0.1) is 6.92 Å². The molecular formula is C30H33N3O6S. The van der Waals surface area contributed by atoms with E-state index in [0.717, 1.165) is 29.9 Å². The van der Waals surface area contributed by atoms with Crippen LogP contribution in [-0.4, -0.2) is 55.1 Å². The number of nitrogens with zero attached hydrogens (tertiary/aromatic N) is 3. The number of hydrogen-bond acceptors (Lipinski definition) is 9. The zero-order chi connectivity index (χ0) is 29.0. The van der Waals surface area contributed by atoms with Crippen LogP contribution < -0.4 is 14.5 Å². The highest BCUT2D eigenvalue weighted by Crippen LogP contribution is 2.44. The van der Waals surface area contributed by atoms with E-state index in [-0.39, 0.29) is 27.9 Å². The Labute approximate surface area is 237 Å². The molecule has 1 amide bonds. The lowest BCUT2D eigenvalue weighted by Gasteiger charge is -2.23. The maximum absolute atomic E-state index is 13.5. The highest BCUT2D eigenvalue weighted by atomic mass is 32.1. The van der Waals surface area contributed by atoms with Crippen molar-refractivity contribution >= 4 is 45.6 Å². The molecule has 40 heavy (non-hydrogen) atoms. The van der Waals surface area contributed by atoms with Gasteiger partial charge in [-0.1, -0.05) is 48.9 Å². The lowest BCUT2D eigenvalue weighted by atomic mass is 9.95. The molecule has 1 saturated heterocycles. The van der Waals surface area contributed by atoms with Gasteiger partial charge >= 0.3 is 11.9 Å². The standard InChI is InChI=1S/C30H33N3O6S/c1-6-8-16-39-22-11-9-10-20(17-22)25(34)23-24(19-12-14-21(15-13-19)32(4)5)33(28(36)26(23)35)30-31-18(3)27(40-30)29(37)38-7-2/h9-15,17,24,34H,6-8,16H2,1-5H3/b25-23+. The van der Waals surface area contributed by atoms with Crippen LogP contribution in [0.1, 0.15) is 59.2 Å². The molecule has 2 aromatic carbocycles. The van der Waals surface area contributed by atoms with Crippen LogP contribution in [0.4, 0.5) is 10.8 Å². The van der Waals surface area contributed by atoms with Crippen LogP contribution in [0.25, 0.3) is 5.76 Å². The molecule has 210 valence electrons. The highest BCUT2D eigenvalue weighted by Gasteiger charge is 2.48. The number of aromatic nitrogens is 1. The molecule has 1 unspecified atom stereocenters. The lowest BCUT2D eigenvalue weighted by Crippen LogP contribution is -2.29. The van der Waals surface area contributed by atoms with Gasteiger partial charge in [0.25, 0.3) is 5.78 Å². The van der Waals surface area contributed by atoms with E-state index in [1.807, 2.05) is 43.3 Å². The second-order valence-electron chi connectivity index (χ2n) is 9.52. The summed E-state index contributed by atoms with van der Waals surface area (Å²) >= 11 is 0.975. The second kappa shape index (κ2) is 12.3. The number of aliphatic hydroxyl groups is 1. The van der Waals surface area contributed by atoms with E-state index in [1.165, 1.54) is 4.90 Å². The van der Waals surface area contributed by atoms with Crippen LogP contribution in [0.2, 0.25) is 0 Å². The minimum atomic E-state index is -0.971. The predicted octanol–water partition coefficient (Wildman–Crippen LogP) is 5.50. The van der Waals surface area contributed by atoms with Gasteiger partial charge in [0.15, 0.2) is 5.13 Å². The van der Waals surface area contributed by atoms with Gasteiger partial charge in [0.05, 0.1) is 30.5 Å². The van der Waals surface area contributed by atoms with E-state index < -0.39 is 23.7 Å². The normalized spacial score (nSPS) is 16.3. The molecule has 0 aliphatic carbocycles. The lowest BCUT2D eigenvalue weighted by molar-refractivity contribution is -0.132. The van der Waals surface area contributed by atoms with Crippen molar-refractivity contribution in [3.63, 3.8) is 0 Å². The summed E-state index contributed by atoms with van der Waals surface area (Å²) in [7, 11) is 3.82. The van der Waals surface area contributed by atoms with E-state index >= 15 is 0 Å². The fourth-order valence-corrected chi connectivity index (χ4v) is 5.38. The monoisotopic (exact) mass is 563 g/mol. The van der Waals surface area contributed by atoms with Gasteiger partial charge in [-0.2, -0.15) is 0 Å². The first-order valence-electron chi connectivity index (χ1n) is 13.1. The van der Waals surface area contributed by atoms with E-state index in [4.69, 9.17) is 9.47 Å². The maximum Gasteiger partial charge on any atom is 0.350 e. The van der Waals surface area contributed by atoms with Gasteiger partial charge in [0.2, 0.25) is 0 Å². The summed E-state index contributed by atoms with van der Waals surface area (Å²) in [5.74, 6) is -2.01. The smallest absolute Gasteiger partial charge is 0.350 e. The number of anilines is 2. The summed E-state index contributed by atoms with van der Waals surface area (Å²) in [4.78, 5) is 47.4. The number of ether oxygens (including phenoxy) is 2. The number of carbonyl (C=O) groups excluding carboxylic acids is 3. The minimum absolute atomic E-state index is 0.0705. The number of amides is 1. The second-order valence-corrected chi connectivity index (χ2v) is 10.5. The van der Waals surface area contributed by atoms with E-state index in [1.54, 1.807) is 38.1 Å². The van der Waals surface area contributed by atoms with E-state index in [9.17, 15) is 19.5 Å². The molecule has 1 aromatic heterocycles. The molecule has 9 nitrogen and oxygen atoms in total. The number of esters is 1. The summed E-state index contributed by atoms with van der Waals surface area (Å²) in [6.45, 7) is 6.13. The van der Waals surface area contributed by atoms with Crippen molar-refractivity contribution in [1.82, 2.24) is 4.98 Å². The molecule has 10 heteroatoms. The minimum Gasteiger partial charge on any atom is -0.507 e. The number of hydrogen-bond donors (Lipinski definition) is 1. The van der Waals surface area contributed by atoms with Gasteiger partial charge < -0.3 is 19.5 Å². The number of aryl methyl sites for hydroxylation is 1. The molecule has 3 aromatic rings. The summed E-state index contributed by atoms with van der Waals surface area (Å²) in [5.41, 5.74) is 2.20. The van der Waals surface area contributed by atoms with Crippen molar-refractivity contribution in [2.45, 2.75) is 39.7 Å². The highest BCUT2D eigenvalue weighted by molar-refractivity contribution is 7.17. The van der Waals surface area contributed by atoms with Gasteiger partial charge in [-0.15, -0.1) is 0 Å². The molecule has 4 rings (SSSR count). The third-order valence-electron chi connectivity index (χ3n) is 6.50. The number of Topliss-reactive ketones (excluding diaryl/α,β-unsaturated/α-hetero) is 1. The number of carbonyl (C=O) groups is 3. The summed E-state index contributed by atoms with van der Waals surface area (Å²) in [6.07, 6.45) is 1.86. The van der Waals surface area contributed by atoms with Gasteiger partial charge in [-0.25, -0.2) is 9.78 Å². The quantitative estimate of drug-likeness (QED) is 0.113. The molecule has 0 saturated carbocycles. The molecule has 1 aliphatic heterocycles. The van der Waals surface area contributed by atoms with Crippen molar-refractivity contribution in [2.24, 2.45) is 0 Å². The fourth-order valence-electron chi connectivity index (χ4n) is 4.39. The Morgan fingerprint density at radius 3 is 2.50 bits per heavy atom. The van der Waals surface area contributed by atoms with E-state index in [2.05, 4.69) is 11.9 Å². The Hall–Kier alpha value is -4.18. The molecule has 1 aliphatic rings. The number of aliphatic hydroxyl groups excluding tert-OH is 1. The molecule has 1 N–H and O–H groups in total. The molecule has 2 heterocycles. The van der Waals surface area contributed by atoms with Crippen LogP contribution in [0.15, 0.2) is 54.1 Å². The molecule has 0 bridgehead atoms. The maximum atomic E-state index is 13.5. The first-order valence-corrected chi connectivity index (χ1v) is 14.0. The van der Waals surface area contributed by atoms with Crippen LogP contribution >= 0.6 is 11.3 Å². The van der Waals surface area contributed by atoms with Gasteiger partial charge in [-0.05, 0) is 50.1 Å².